The third-order valence-corrected chi connectivity index (χ3v) is 2.13. The number of hydrogen-bond donors (Lipinski definition) is 0. The summed E-state index contributed by atoms with van der Waals surface area (Å²) < 4.78 is 0. The van der Waals surface area contributed by atoms with E-state index in [9.17, 15) is 9.59 Å². The van der Waals surface area contributed by atoms with Gasteiger partial charge in [-0.1, -0.05) is 13.0 Å². The number of rotatable bonds is 2. The number of benzene rings is 1. The molecule has 1 aliphatic heterocycles. The highest BCUT2D eigenvalue weighted by Crippen LogP contribution is 2.27. The van der Waals surface area contributed by atoms with Crippen molar-refractivity contribution in [2.24, 2.45) is 15.2 Å². The molecule has 2 amide bonds. The van der Waals surface area contributed by atoms with E-state index in [4.69, 9.17) is 0 Å². The fourth-order valence-corrected chi connectivity index (χ4v) is 1.44. The van der Waals surface area contributed by atoms with Crippen LogP contribution in [0.25, 0.3) is 0 Å². The summed E-state index contributed by atoms with van der Waals surface area (Å²) in [7, 11) is 0. The highest BCUT2D eigenvalue weighted by Gasteiger charge is 2.24. The summed E-state index contributed by atoms with van der Waals surface area (Å²) in [4.78, 5) is 27.0. The zero-order chi connectivity index (χ0) is 11.5. The SMILES string of the molecule is CCC=Nc1cccc2c1C(=O)N=NC2=O. The summed E-state index contributed by atoms with van der Waals surface area (Å²) in [6, 6.07) is 4.91. The van der Waals surface area contributed by atoms with Gasteiger partial charge in [-0.3, -0.25) is 14.6 Å². The number of carbonyl (C=O) groups is 2. The summed E-state index contributed by atoms with van der Waals surface area (Å²) in [5.74, 6) is -1.01. The quantitative estimate of drug-likeness (QED) is 0.711. The Morgan fingerprint density at radius 1 is 1.25 bits per heavy atom. The number of hydrogen-bond acceptors (Lipinski definition) is 3. The molecule has 1 aliphatic rings. The number of nitrogens with zero attached hydrogens (tertiary/aromatic N) is 3. The number of azo groups is 1. The Bertz CT molecular complexity index is 518. The maximum Gasteiger partial charge on any atom is 0.298 e. The van der Waals surface area contributed by atoms with Gasteiger partial charge in [-0.05, 0) is 18.6 Å². The van der Waals surface area contributed by atoms with Crippen molar-refractivity contribution in [1.29, 1.82) is 0 Å². The van der Waals surface area contributed by atoms with Gasteiger partial charge >= 0.3 is 0 Å². The maximum atomic E-state index is 11.5. The van der Waals surface area contributed by atoms with Gasteiger partial charge in [0.15, 0.2) is 0 Å². The van der Waals surface area contributed by atoms with Crippen LogP contribution in [0.1, 0.15) is 34.1 Å². The molecule has 0 fully saturated rings. The van der Waals surface area contributed by atoms with Gasteiger partial charge in [-0.2, -0.15) is 0 Å². The average Bonchev–Trinajstić information content (AvgIpc) is 2.31. The fourth-order valence-electron chi connectivity index (χ4n) is 1.44. The van der Waals surface area contributed by atoms with Crippen LogP contribution in [-0.4, -0.2) is 18.0 Å². The highest BCUT2D eigenvalue weighted by molar-refractivity contribution is 6.13. The van der Waals surface area contributed by atoms with E-state index in [1.165, 1.54) is 0 Å². The summed E-state index contributed by atoms with van der Waals surface area (Å²) >= 11 is 0. The van der Waals surface area contributed by atoms with Crippen molar-refractivity contribution < 1.29 is 9.59 Å². The number of aliphatic imine (C=N–C) groups is 1. The van der Waals surface area contributed by atoms with Gasteiger partial charge in [-0.15, -0.1) is 10.2 Å². The molecule has 5 nitrogen and oxygen atoms in total. The standard InChI is InChI=1S/C11H9N3O2/c1-2-6-12-8-5-3-4-7-9(8)11(16)14-13-10(7)15/h3-6H,2H2,1H3. The minimum Gasteiger partial charge on any atom is -0.265 e. The zero-order valence-electron chi connectivity index (χ0n) is 8.67. The van der Waals surface area contributed by atoms with E-state index in [1.54, 1.807) is 24.4 Å². The van der Waals surface area contributed by atoms with Crippen molar-refractivity contribution in [3.05, 3.63) is 29.3 Å². The third kappa shape index (κ3) is 1.67. The molecule has 0 aromatic heterocycles. The first kappa shape index (κ1) is 10.4. The van der Waals surface area contributed by atoms with Crippen LogP contribution in [0.4, 0.5) is 5.69 Å². The maximum absolute atomic E-state index is 11.5. The number of fused-ring (bicyclic) bond motifs is 1. The van der Waals surface area contributed by atoms with E-state index in [0.717, 1.165) is 6.42 Å². The first-order valence-electron chi connectivity index (χ1n) is 4.90. The van der Waals surface area contributed by atoms with Crippen LogP contribution in [0.3, 0.4) is 0 Å². The minimum atomic E-state index is -0.515. The number of amides is 2. The lowest BCUT2D eigenvalue weighted by atomic mass is 10.0. The summed E-state index contributed by atoms with van der Waals surface area (Å²) in [5, 5.41) is 6.54. The molecule has 0 N–H and O–H groups in total. The molecule has 1 aromatic carbocycles. The third-order valence-electron chi connectivity index (χ3n) is 2.13. The Kier molecular flexibility index (Phi) is 2.68. The molecule has 16 heavy (non-hydrogen) atoms. The van der Waals surface area contributed by atoms with E-state index in [2.05, 4.69) is 15.2 Å². The molecule has 0 unspecified atom stereocenters. The van der Waals surface area contributed by atoms with Crippen molar-refractivity contribution in [2.45, 2.75) is 13.3 Å². The van der Waals surface area contributed by atoms with Crippen molar-refractivity contribution in [1.82, 2.24) is 0 Å². The minimum absolute atomic E-state index is 0.243. The molecular formula is C11H9N3O2. The van der Waals surface area contributed by atoms with Crippen LogP contribution < -0.4 is 0 Å². The lowest BCUT2D eigenvalue weighted by molar-refractivity contribution is 0.0921. The zero-order valence-corrected chi connectivity index (χ0v) is 8.67. The van der Waals surface area contributed by atoms with Crippen LogP contribution in [0.2, 0.25) is 0 Å². The topological polar surface area (TPSA) is 71.2 Å². The molecule has 80 valence electrons. The normalized spacial score (nSPS) is 14.6. The van der Waals surface area contributed by atoms with Crippen LogP contribution in [-0.2, 0) is 0 Å². The molecule has 5 heteroatoms. The molecule has 0 aliphatic carbocycles. The second-order valence-electron chi connectivity index (χ2n) is 3.23. The van der Waals surface area contributed by atoms with Crippen LogP contribution in [0, 0.1) is 0 Å². The van der Waals surface area contributed by atoms with Crippen molar-refractivity contribution in [2.75, 3.05) is 0 Å². The smallest absolute Gasteiger partial charge is 0.265 e. The Morgan fingerprint density at radius 2 is 2.00 bits per heavy atom. The lowest BCUT2D eigenvalue weighted by Crippen LogP contribution is -2.10. The molecule has 0 radical (unpaired) electrons. The molecule has 1 heterocycles. The summed E-state index contributed by atoms with van der Waals surface area (Å²) in [6.07, 6.45) is 2.44. The van der Waals surface area contributed by atoms with Gasteiger partial charge in [0, 0.05) is 6.21 Å². The van der Waals surface area contributed by atoms with Crippen LogP contribution >= 0.6 is 0 Å². The van der Waals surface area contributed by atoms with E-state index >= 15 is 0 Å². The van der Waals surface area contributed by atoms with E-state index in [1.807, 2.05) is 6.92 Å². The summed E-state index contributed by atoms with van der Waals surface area (Å²) in [6.45, 7) is 1.94. The average molecular weight is 215 g/mol. The molecule has 0 atom stereocenters. The van der Waals surface area contributed by atoms with Gasteiger partial charge in [-0.25, -0.2) is 0 Å². The van der Waals surface area contributed by atoms with E-state index in [-0.39, 0.29) is 11.1 Å². The Morgan fingerprint density at radius 3 is 2.75 bits per heavy atom. The molecule has 2 rings (SSSR count). The first-order valence-corrected chi connectivity index (χ1v) is 4.90. The second kappa shape index (κ2) is 4.14. The van der Waals surface area contributed by atoms with Crippen LogP contribution in [0.15, 0.2) is 33.4 Å². The molecule has 0 saturated carbocycles. The van der Waals surface area contributed by atoms with Crippen molar-refractivity contribution >= 4 is 23.7 Å². The van der Waals surface area contributed by atoms with Crippen molar-refractivity contribution in [3.63, 3.8) is 0 Å². The van der Waals surface area contributed by atoms with E-state index in [0.29, 0.717) is 5.69 Å². The second-order valence-corrected chi connectivity index (χ2v) is 3.23. The highest BCUT2D eigenvalue weighted by atomic mass is 16.2. The largest absolute Gasteiger partial charge is 0.298 e. The van der Waals surface area contributed by atoms with Gasteiger partial charge in [0.05, 0.1) is 16.8 Å². The predicted molar refractivity (Wildman–Crippen MR) is 58.4 cm³/mol. The monoisotopic (exact) mass is 215 g/mol. The van der Waals surface area contributed by atoms with Gasteiger partial charge < -0.3 is 0 Å². The van der Waals surface area contributed by atoms with Crippen LogP contribution in [0.5, 0.6) is 0 Å². The fraction of sp³-hybridized carbons (Fsp3) is 0.182. The lowest BCUT2D eigenvalue weighted by Gasteiger charge is -2.08. The Labute approximate surface area is 91.9 Å². The predicted octanol–water partition coefficient (Wildman–Crippen LogP) is 2.55. The van der Waals surface area contributed by atoms with Crippen molar-refractivity contribution in [3.8, 4) is 0 Å². The molecule has 0 saturated heterocycles. The van der Waals surface area contributed by atoms with E-state index < -0.39 is 11.8 Å². The summed E-state index contributed by atoms with van der Waals surface area (Å²) in [5.41, 5.74) is 0.981. The molecule has 0 spiro atoms. The Balaban J connectivity index is 2.59. The Hall–Kier alpha value is -2.17. The van der Waals surface area contributed by atoms with Gasteiger partial charge in [0.25, 0.3) is 11.8 Å². The molecule has 0 bridgehead atoms. The molecule has 1 aromatic rings. The number of carbonyl (C=O) groups excluding carboxylic acids is 2. The first-order chi connectivity index (χ1) is 7.74. The van der Waals surface area contributed by atoms with Gasteiger partial charge in [0.1, 0.15) is 0 Å². The van der Waals surface area contributed by atoms with Gasteiger partial charge in [0.2, 0.25) is 0 Å². The molecular weight excluding hydrogens is 206 g/mol.